The molecule has 0 aliphatic heterocycles. The highest BCUT2D eigenvalue weighted by molar-refractivity contribution is 5.90. The summed E-state index contributed by atoms with van der Waals surface area (Å²) in [5, 5.41) is 5.93. The largest absolute Gasteiger partial charge is 0.468 e. The highest BCUT2D eigenvalue weighted by atomic mass is 16.5. The Bertz CT molecular complexity index is 756. The zero-order valence-corrected chi connectivity index (χ0v) is 14.1. The van der Waals surface area contributed by atoms with Crippen molar-refractivity contribution < 1.29 is 23.9 Å². The molecule has 1 aromatic heterocycles. The number of alkyl carbamates (subject to hydrolysis) is 1. The van der Waals surface area contributed by atoms with Crippen molar-refractivity contribution in [1.29, 1.82) is 0 Å². The summed E-state index contributed by atoms with van der Waals surface area (Å²) < 4.78 is 9.34. The maximum atomic E-state index is 12.4. The lowest BCUT2D eigenvalue weighted by atomic mass is 10.0. The third-order valence-corrected chi connectivity index (χ3v) is 3.62. The van der Waals surface area contributed by atoms with Gasteiger partial charge in [0.15, 0.2) is 0 Å². The first-order valence-corrected chi connectivity index (χ1v) is 7.88. The molecule has 0 radical (unpaired) electrons. The molecule has 8 nitrogen and oxygen atoms in total. The molecule has 0 fully saturated rings. The lowest BCUT2D eigenvalue weighted by Crippen LogP contribution is -2.49. The number of ether oxygens (including phenoxy) is 2. The van der Waals surface area contributed by atoms with Crippen LogP contribution in [-0.4, -0.2) is 49.3 Å². The summed E-state index contributed by atoms with van der Waals surface area (Å²) in [6, 6.07) is 6.76. The minimum absolute atomic E-state index is 0.190. The van der Waals surface area contributed by atoms with E-state index in [1.165, 1.54) is 7.11 Å². The van der Waals surface area contributed by atoms with Crippen molar-refractivity contribution in [3.63, 3.8) is 0 Å². The van der Waals surface area contributed by atoms with Crippen molar-refractivity contribution in [3.05, 3.63) is 36.0 Å². The molecule has 0 aliphatic rings. The first kappa shape index (κ1) is 18.3. The van der Waals surface area contributed by atoms with Gasteiger partial charge in [0, 0.05) is 23.5 Å². The van der Waals surface area contributed by atoms with E-state index >= 15 is 0 Å². The number of hydrogen-bond donors (Lipinski definition) is 3. The number of H-pyrrole nitrogens is 1. The molecular weight excluding hydrogens is 326 g/mol. The lowest BCUT2D eigenvalue weighted by Gasteiger charge is -2.17. The third kappa shape index (κ3) is 4.97. The Morgan fingerprint density at radius 1 is 1.24 bits per heavy atom. The van der Waals surface area contributed by atoms with Gasteiger partial charge in [0.25, 0.3) is 0 Å². The number of para-hydroxylation sites is 1. The summed E-state index contributed by atoms with van der Waals surface area (Å²) in [5.74, 6) is -1.07. The number of nitrogens with one attached hydrogen (secondary N) is 3. The fourth-order valence-corrected chi connectivity index (χ4v) is 2.40. The minimum Gasteiger partial charge on any atom is -0.468 e. The van der Waals surface area contributed by atoms with E-state index in [2.05, 4.69) is 20.4 Å². The van der Waals surface area contributed by atoms with Crippen LogP contribution in [-0.2, 0) is 25.5 Å². The number of aromatic nitrogens is 1. The Morgan fingerprint density at radius 2 is 2.00 bits per heavy atom. The summed E-state index contributed by atoms with van der Waals surface area (Å²) in [6.45, 7) is 1.59. The number of esters is 1. The van der Waals surface area contributed by atoms with E-state index in [1.807, 2.05) is 24.3 Å². The summed E-state index contributed by atoms with van der Waals surface area (Å²) in [7, 11) is 1.23. The number of amides is 2. The maximum Gasteiger partial charge on any atom is 0.407 e. The predicted octanol–water partition coefficient (Wildman–Crippen LogP) is 1.11. The molecule has 2 rings (SSSR count). The molecule has 0 saturated carbocycles. The van der Waals surface area contributed by atoms with Crippen molar-refractivity contribution in [2.24, 2.45) is 0 Å². The summed E-state index contributed by atoms with van der Waals surface area (Å²) >= 11 is 0. The minimum atomic E-state index is -0.886. The fraction of sp³-hybridized carbons (Fsp3) is 0.353. The van der Waals surface area contributed by atoms with E-state index in [1.54, 1.807) is 13.1 Å². The Balaban J connectivity index is 2.14. The summed E-state index contributed by atoms with van der Waals surface area (Å²) in [5.41, 5.74) is 1.80. The molecule has 134 valence electrons. The predicted molar refractivity (Wildman–Crippen MR) is 91.0 cm³/mol. The van der Waals surface area contributed by atoms with Crippen LogP contribution in [0.1, 0.15) is 12.5 Å². The number of aromatic amines is 1. The van der Waals surface area contributed by atoms with Gasteiger partial charge in [0.1, 0.15) is 12.6 Å². The van der Waals surface area contributed by atoms with E-state index in [-0.39, 0.29) is 19.6 Å². The number of fused-ring (bicyclic) bond motifs is 1. The monoisotopic (exact) mass is 347 g/mol. The van der Waals surface area contributed by atoms with Gasteiger partial charge in [0.2, 0.25) is 5.91 Å². The molecule has 2 amide bonds. The van der Waals surface area contributed by atoms with Crippen molar-refractivity contribution in [3.8, 4) is 0 Å². The number of carbonyl (C=O) groups excluding carboxylic acids is 3. The van der Waals surface area contributed by atoms with E-state index in [4.69, 9.17) is 4.74 Å². The van der Waals surface area contributed by atoms with Crippen LogP contribution in [0.5, 0.6) is 0 Å². The van der Waals surface area contributed by atoms with Crippen molar-refractivity contribution >= 4 is 28.9 Å². The molecule has 0 aliphatic carbocycles. The van der Waals surface area contributed by atoms with Gasteiger partial charge >= 0.3 is 12.1 Å². The van der Waals surface area contributed by atoms with Crippen LogP contribution >= 0.6 is 0 Å². The standard InChI is InChI=1S/C17H21N3O5/c1-3-25-17(23)20-14(16(22)19-10-15(21)24-2)8-11-9-18-13-7-5-4-6-12(11)13/h4-7,9,14,18H,3,8,10H2,1-2H3,(H,19,22)(H,20,23). The molecule has 0 bridgehead atoms. The molecule has 3 N–H and O–H groups in total. The normalized spacial score (nSPS) is 11.6. The average Bonchev–Trinajstić information content (AvgIpc) is 3.02. The number of rotatable bonds is 7. The van der Waals surface area contributed by atoms with E-state index in [0.717, 1.165) is 16.5 Å². The van der Waals surface area contributed by atoms with Crippen LogP contribution in [0.15, 0.2) is 30.5 Å². The smallest absolute Gasteiger partial charge is 0.407 e. The van der Waals surface area contributed by atoms with E-state index < -0.39 is 24.0 Å². The Morgan fingerprint density at radius 3 is 2.72 bits per heavy atom. The van der Waals surface area contributed by atoms with Crippen LogP contribution < -0.4 is 10.6 Å². The van der Waals surface area contributed by atoms with Gasteiger partial charge in [0.05, 0.1) is 13.7 Å². The number of hydrogen-bond acceptors (Lipinski definition) is 5. The third-order valence-electron chi connectivity index (χ3n) is 3.62. The first-order chi connectivity index (χ1) is 12.0. The van der Waals surface area contributed by atoms with Gasteiger partial charge in [-0.2, -0.15) is 0 Å². The quantitative estimate of drug-likeness (QED) is 0.650. The SMILES string of the molecule is CCOC(=O)NC(Cc1c[nH]c2ccccc12)C(=O)NCC(=O)OC. The van der Waals surface area contributed by atoms with Crippen molar-refractivity contribution in [1.82, 2.24) is 15.6 Å². The Hall–Kier alpha value is -3.03. The molecule has 1 atom stereocenters. The number of methoxy groups -OCH3 is 1. The van der Waals surface area contributed by atoms with Gasteiger partial charge in [-0.15, -0.1) is 0 Å². The second kappa shape index (κ2) is 8.72. The second-order valence-corrected chi connectivity index (χ2v) is 5.27. The Labute approximate surface area is 144 Å². The molecular formula is C17H21N3O5. The molecule has 0 saturated heterocycles. The molecule has 1 aromatic carbocycles. The molecule has 25 heavy (non-hydrogen) atoms. The zero-order chi connectivity index (χ0) is 18.2. The number of carbonyl (C=O) groups is 3. The number of benzene rings is 1. The maximum absolute atomic E-state index is 12.4. The van der Waals surface area contributed by atoms with Crippen LogP contribution in [0, 0.1) is 0 Å². The zero-order valence-electron chi connectivity index (χ0n) is 14.1. The topological polar surface area (TPSA) is 110 Å². The summed E-state index contributed by atoms with van der Waals surface area (Å²) in [6.07, 6.45) is 1.34. The van der Waals surface area contributed by atoms with Gasteiger partial charge in [-0.3, -0.25) is 9.59 Å². The van der Waals surface area contributed by atoms with Crippen molar-refractivity contribution in [2.75, 3.05) is 20.3 Å². The van der Waals surface area contributed by atoms with Crippen molar-refractivity contribution in [2.45, 2.75) is 19.4 Å². The molecule has 8 heteroatoms. The first-order valence-electron chi connectivity index (χ1n) is 7.88. The summed E-state index contributed by atoms with van der Waals surface area (Å²) in [4.78, 5) is 38.4. The molecule has 0 spiro atoms. The molecule has 2 aromatic rings. The van der Waals surface area contributed by atoms with Crippen LogP contribution in [0.25, 0.3) is 10.9 Å². The van der Waals surface area contributed by atoms with Crippen LogP contribution in [0.3, 0.4) is 0 Å². The van der Waals surface area contributed by atoms with Gasteiger partial charge < -0.3 is 25.1 Å². The lowest BCUT2D eigenvalue weighted by molar-refractivity contribution is -0.141. The van der Waals surface area contributed by atoms with Gasteiger partial charge in [-0.05, 0) is 18.6 Å². The molecule has 1 heterocycles. The van der Waals surface area contributed by atoms with E-state index in [0.29, 0.717) is 0 Å². The van der Waals surface area contributed by atoms with Gasteiger partial charge in [-0.25, -0.2) is 4.79 Å². The van der Waals surface area contributed by atoms with Crippen LogP contribution in [0.2, 0.25) is 0 Å². The molecule has 1 unspecified atom stereocenters. The average molecular weight is 347 g/mol. The second-order valence-electron chi connectivity index (χ2n) is 5.27. The van der Waals surface area contributed by atoms with Gasteiger partial charge in [-0.1, -0.05) is 18.2 Å². The van der Waals surface area contributed by atoms with Crippen LogP contribution in [0.4, 0.5) is 4.79 Å². The highest BCUT2D eigenvalue weighted by Crippen LogP contribution is 2.19. The Kier molecular flexibility index (Phi) is 6.39. The fourth-order valence-electron chi connectivity index (χ4n) is 2.40. The van der Waals surface area contributed by atoms with E-state index in [9.17, 15) is 14.4 Å². The highest BCUT2D eigenvalue weighted by Gasteiger charge is 2.23.